The molecule has 27 heavy (non-hydrogen) atoms. The number of carbonyl (C=O) groups is 1. The fraction of sp³-hybridized carbons (Fsp3) is 0.381. The lowest BCUT2D eigenvalue weighted by Gasteiger charge is -2.42. The number of rotatable bonds is 7. The molecule has 0 bridgehead atoms. The van der Waals surface area contributed by atoms with Crippen LogP contribution in [-0.2, 0) is 5.41 Å². The molecule has 0 atom stereocenters. The summed E-state index contributed by atoms with van der Waals surface area (Å²) in [6.07, 6.45) is 3.31. The van der Waals surface area contributed by atoms with E-state index in [9.17, 15) is 4.79 Å². The van der Waals surface area contributed by atoms with Gasteiger partial charge < -0.3 is 19.5 Å². The highest BCUT2D eigenvalue weighted by atomic mass is 79.9. The summed E-state index contributed by atoms with van der Waals surface area (Å²) in [5.74, 6) is 1.25. The average molecular weight is 434 g/mol. The number of ether oxygens (including phenoxy) is 3. The van der Waals surface area contributed by atoms with Crippen LogP contribution in [0.4, 0.5) is 0 Å². The average Bonchev–Trinajstić information content (AvgIpc) is 2.65. The van der Waals surface area contributed by atoms with E-state index in [-0.39, 0.29) is 11.3 Å². The van der Waals surface area contributed by atoms with Crippen molar-refractivity contribution in [3.8, 4) is 17.2 Å². The molecule has 1 aliphatic carbocycles. The lowest BCUT2D eigenvalue weighted by Crippen LogP contribution is -2.45. The number of benzene rings is 2. The highest BCUT2D eigenvalue weighted by Gasteiger charge is 2.39. The van der Waals surface area contributed by atoms with Crippen molar-refractivity contribution in [3.05, 3.63) is 52.0 Å². The van der Waals surface area contributed by atoms with Crippen molar-refractivity contribution < 1.29 is 19.0 Å². The minimum Gasteiger partial charge on any atom is -0.493 e. The molecule has 0 aliphatic heterocycles. The fourth-order valence-electron chi connectivity index (χ4n) is 3.55. The number of hydrogen-bond acceptors (Lipinski definition) is 4. The van der Waals surface area contributed by atoms with Crippen LogP contribution < -0.4 is 19.5 Å². The van der Waals surface area contributed by atoms with Crippen LogP contribution in [0, 0.1) is 0 Å². The Kier molecular flexibility index (Phi) is 5.95. The Morgan fingerprint density at radius 3 is 2.22 bits per heavy atom. The van der Waals surface area contributed by atoms with Gasteiger partial charge in [-0.1, -0.05) is 34.5 Å². The molecule has 0 unspecified atom stereocenters. The maximum Gasteiger partial charge on any atom is 0.251 e. The summed E-state index contributed by atoms with van der Waals surface area (Å²) in [7, 11) is 4.61. The summed E-state index contributed by atoms with van der Waals surface area (Å²) in [5.41, 5.74) is 1.74. The van der Waals surface area contributed by atoms with E-state index in [0.29, 0.717) is 29.4 Å². The summed E-state index contributed by atoms with van der Waals surface area (Å²) in [6.45, 7) is 0.596. The van der Waals surface area contributed by atoms with E-state index in [2.05, 4.69) is 33.4 Å². The Morgan fingerprint density at radius 2 is 1.74 bits per heavy atom. The third-order valence-electron chi connectivity index (χ3n) is 5.26. The molecule has 3 rings (SSSR count). The molecule has 0 radical (unpaired) electrons. The molecule has 0 heterocycles. The molecule has 2 aromatic rings. The molecule has 2 aromatic carbocycles. The van der Waals surface area contributed by atoms with Gasteiger partial charge in [0.25, 0.3) is 5.91 Å². The van der Waals surface area contributed by atoms with E-state index in [1.807, 2.05) is 12.1 Å². The maximum absolute atomic E-state index is 12.8. The SMILES string of the molecule is COc1cc(C(=O)NCC2(c3cccc(Br)c3)CCC2)cc(OC)c1OC. The highest BCUT2D eigenvalue weighted by molar-refractivity contribution is 9.10. The Balaban J connectivity index is 1.79. The maximum atomic E-state index is 12.8. The predicted octanol–water partition coefficient (Wildman–Crippen LogP) is 4.33. The molecular formula is C21H24BrNO4. The van der Waals surface area contributed by atoms with Crippen molar-refractivity contribution >= 4 is 21.8 Å². The van der Waals surface area contributed by atoms with E-state index >= 15 is 0 Å². The Hall–Kier alpha value is -2.21. The summed E-state index contributed by atoms with van der Waals surface area (Å²) in [5, 5.41) is 3.09. The van der Waals surface area contributed by atoms with Gasteiger partial charge in [-0.3, -0.25) is 4.79 Å². The van der Waals surface area contributed by atoms with Crippen molar-refractivity contribution in [2.45, 2.75) is 24.7 Å². The number of nitrogens with one attached hydrogen (secondary N) is 1. The minimum atomic E-state index is -0.157. The van der Waals surface area contributed by atoms with Crippen LogP contribution in [0.5, 0.6) is 17.2 Å². The zero-order valence-electron chi connectivity index (χ0n) is 15.8. The predicted molar refractivity (Wildman–Crippen MR) is 108 cm³/mol. The zero-order chi connectivity index (χ0) is 19.4. The van der Waals surface area contributed by atoms with E-state index < -0.39 is 0 Å². The van der Waals surface area contributed by atoms with Gasteiger partial charge in [-0.15, -0.1) is 0 Å². The molecule has 1 N–H and O–H groups in total. The summed E-state index contributed by atoms with van der Waals surface area (Å²) >= 11 is 3.54. The number of carbonyl (C=O) groups excluding carboxylic acids is 1. The van der Waals surface area contributed by atoms with Gasteiger partial charge in [0.15, 0.2) is 11.5 Å². The lowest BCUT2D eigenvalue weighted by atomic mass is 9.64. The minimum absolute atomic E-state index is 0.0000823. The molecule has 5 nitrogen and oxygen atoms in total. The molecule has 6 heteroatoms. The van der Waals surface area contributed by atoms with Crippen LogP contribution >= 0.6 is 15.9 Å². The lowest BCUT2D eigenvalue weighted by molar-refractivity contribution is 0.0927. The molecule has 1 aliphatic rings. The second kappa shape index (κ2) is 8.21. The molecule has 0 spiro atoms. The number of amides is 1. The van der Waals surface area contributed by atoms with Gasteiger partial charge in [-0.05, 0) is 42.7 Å². The van der Waals surface area contributed by atoms with Crippen LogP contribution in [0.1, 0.15) is 35.2 Å². The first-order chi connectivity index (χ1) is 13.0. The zero-order valence-corrected chi connectivity index (χ0v) is 17.4. The van der Waals surface area contributed by atoms with Crippen LogP contribution in [0.2, 0.25) is 0 Å². The van der Waals surface area contributed by atoms with Crippen molar-refractivity contribution in [1.82, 2.24) is 5.32 Å². The first-order valence-corrected chi connectivity index (χ1v) is 9.66. The second-order valence-electron chi connectivity index (χ2n) is 6.74. The van der Waals surface area contributed by atoms with Crippen molar-refractivity contribution in [2.75, 3.05) is 27.9 Å². The van der Waals surface area contributed by atoms with Gasteiger partial charge in [0, 0.05) is 22.0 Å². The topological polar surface area (TPSA) is 56.8 Å². The normalized spacial score (nSPS) is 14.8. The summed E-state index contributed by atoms with van der Waals surface area (Å²) < 4.78 is 17.1. The van der Waals surface area contributed by atoms with Gasteiger partial charge in [0.1, 0.15) is 0 Å². The fourth-order valence-corrected chi connectivity index (χ4v) is 3.95. The molecule has 1 saturated carbocycles. The van der Waals surface area contributed by atoms with Gasteiger partial charge in [-0.25, -0.2) is 0 Å². The van der Waals surface area contributed by atoms with Crippen molar-refractivity contribution in [1.29, 1.82) is 0 Å². The molecular weight excluding hydrogens is 410 g/mol. The Labute approximate surface area is 168 Å². The van der Waals surface area contributed by atoms with Crippen LogP contribution in [-0.4, -0.2) is 33.8 Å². The van der Waals surface area contributed by atoms with Crippen molar-refractivity contribution in [2.24, 2.45) is 0 Å². The summed E-state index contributed by atoms with van der Waals surface area (Å²) in [4.78, 5) is 12.8. The summed E-state index contributed by atoms with van der Waals surface area (Å²) in [6, 6.07) is 11.7. The number of halogens is 1. The highest BCUT2D eigenvalue weighted by Crippen LogP contribution is 2.44. The van der Waals surface area contributed by atoms with E-state index in [4.69, 9.17) is 14.2 Å². The molecule has 0 saturated heterocycles. The first-order valence-electron chi connectivity index (χ1n) is 8.87. The van der Waals surface area contributed by atoms with Gasteiger partial charge in [-0.2, -0.15) is 0 Å². The van der Waals surface area contributed by atoms with E-state index in [1.54, 1.807) is 19.2 Å². The Morgan fingerprint density at radius 1 is 1.07 bits per heavy atom. The smallest absolute Gasteiger partial charge is 0.251 e. The monoisotopic (exact) mass is 433 g/mol. The Bertz CT molecular complexity index is 808. The van der Waals surface area contributed by atoms with Gasteiger partial charge in [0.05, 0.1) is 21.3 Å². The molecule has 0 aromatic heterocycles. The third kappa shape index (κ3) is 3.90. The van der Waals surface area contributed by atoms with E-state index in [0.717, 1.165) is 17.3 Å². The quantitative estimate of drug-likeness (QED) is 0.705. The van der Waals surface area contributed by atoms with Crippen LogP contribution in [0.15, 0.2) is 40.9 Å². The second-order valence-corrected chi connectivity index (χ2v) is 7.66. The first kappa shape index (κ1) is 19.5. The van der Waals surface area contributed by atoms with Crippen LogP contribution in [0.3, 0.4) is 0 Å². The third-order valence-corrected chi connectivity index (χ3v) is 5.76. The molecule has 144 valence electrons. The van der Waals surface area contributed by atoms with Crippen molar-refractivity contribution in [3.63, 3.8) is 0 Å². The van der Waals surface area contributed by atoms with Gasteiger partial charge >= 0.3 is 0 Å². The van der Waals surface area contributed by atoms with E-state index in [1.165, 1.54) is 26.2 Å². The largest absolute Gasteiger partial charge is 0.493 e. The van der Waals surface area contributed by atoms with Crippen LogP contribution in [0.25, 0.3) is 0 Å². The number of methoxy groups -OCH3 is 3. The number of hydrogen-bond donors (Lipinski definition) is 1. The van der Waals surface area contributed by atoms with Gasteiger partial charge in [0.2, 0.25) is 5.75 Å². The molecule has 1 fully saturated rings. The standard InChI is InChI=1S/C21H24BrNO4/c1-25-17-10-14(11-18(26-2)19(17)27-3)20(24)23-13-21(8-5-9-21)15-6-4-7-16(22)12-15/h4,6-7,10-12H,5,8-9,13H2,1-3H3,(H,23,24). The molecule has 1 amide bonds.